The molecule has 3 aromatic rings. The number of aliphatic carboxylic acids is 1. The summed E-state index contributed by atoms with van der Waals surface area (Å²) < 4.78 is 23.5. The standard InChI is InChI=1S/C30H32N2O11/c1-40-21-9-14(4-6-18(21)35)28-24(13-33)41-20-7-5-15(10-22(20)42-28)29-27(37)26(32-17(30(38)39)3-2-8-31)25-19(36)11-16(34)12-23(25)43-29/h4-7,9-12,17,24,27-29,33-37H,2-3,8,13,31H2,1H3,(H,38,39). The number of hydrogen-bond acceptors (Lipinski definition) is 12. The molecular weight excluding hydrogens is 564 g/mol. The number of nitrogens with two attached hydrogens (primary N) is 1. The molecule has 8 N–H and O–H groups in total. The van der Waals surface area contributed by atoms with E-state index in [0.717, 1.165) is 6.07 Å². The Morgan fingerprint density at radius 1 is 0.953 bits per heavy atom. The first-order chi connectivity index (χ1) is 20.6. The molecule has 3 aromatic carbocycles. The molecule has 0 saturated heterocycles. The maximum Gasteiger partial charge on any atom is 0.328 e. The van der Waals surface area contributed by atoms with Crippen molar-refractivity contribution in [2.24, 2.45) is 10.7 Å². The normalized spacial score (nSPS) is 22.4. The Labute approximate surface area is 246 Å². The van der Waals surface area contributed by atoms with Gasteiger partial charge >= 0.3 is 5.97 Å². The number of nitrogens with zero attached hydrogens (tertiary/aromatic N) is 1. The number of aliphatic imine (C=N–C) groups is 1. The SMILES string of the molecule is COc1cc(C2Oc3cc(C4Oc5cc(O)cc(O)c5C(=NC(CCCN)C(=O)O)C4O)ccc3OC2CO)ccc1O. The number of carboxylic acids is 1. The van der Waals surface area contributed by atoms with Crippen LogP contribution in [0.25, 0.3) is 0 Å². The van der Waals surface area contributed by atoms with Crippen molar-refractivity contribution in [3.8, 4) is 40.2 Å². The van der Waals surface area contributed by atoms with Crippen molar-refractivity contribution in [1.82, 2.24) is 0 Å². The van der Waals surface area contributed by atoms with Gasteiger partial charge < -0.3 is 55.3 Å². The zero-order chi connectivity index (χ0) is 30.8. The predicted molar refractivity (Wildman–Crippen MR) is 151 cm³/mol. The van der Waals surface area contributed by atoms with Crippen LogP contribution in [0.1, 0.15) is 41.7 Å². The molecule has 228 valence electrons. The summed E-state index contributed by atoms with van der Waals surface area (Å²) in [5.41, 5.74) is 6.34. The summed E-state index contributed by atoms with van der Waals surface area (Å²) in [6, 6.07) is 10.4. The number of fused-ring (bicyclic) bond motifs is 2. The summed E-state index contributed by atoms with van der Waals surface area (Å²) in [4.78, 5) is 16.3. The van der Waals surface area contributed by atoms with Gasteiger partial charge in [-0.2, -0.15) is 0 Å². The van der Waals surface area contributed by atoms with Crippen LogP contribution in [0.5, 0.6) is 40.2 Å². The minimum Gasteiger partial charge on any atom is -0.508 e. The van der Waals surface area contributed by atoms with Gasteiger partial charge in [0, 0.05) is 17.7 Å². The molecule has 13 nitrogen and oxygen atoms in total. The molecule has 5 unspecified atom stereocenters. The summed E-state index contributed by atoms with van der Waals surface area (Å²) >= 11 is 0. The van der Waals surface area contributed by atoms with Gasteiger partial charge in [0.05, 0.1) is 25.0 Å². The van der Waals surface area contributed by atoms with Gasteiger partial charge in [0.25, 0.3) is 0 Å². The molecular formula is C30H32N2O11. The second kappa shape index (κ2) is 12.3. The highest BCUT2D eigenvalue weighted by atomic mass is 16.6. The fourth-order valence-corrected chi connectivity index (χ4v) is 5.16. The highest BCUT2D eigenvalue weighted by Crippen LogP contribution is 2.46. The molecule has 0 saturated carbocycles. The van der Waals surface area contributed by atoms with Gasteiger partial charge in [-0.1, -0.05) is 12.1 Å². The van der Waals surface area contributed by atoms with Gasteiger partial charge in [-0.3, -0.25) is 4.99 Å². The Kier molecular flexibility index (Phi) is 8.48. The third-order valence-electron chi connectivity index (χ3n) is 7.28. The first-order valence-corrected chi connectivity index (χ1v) is 13.5. The number of ether oxygens (including phenoxy) is 4. The number of rotatable bonds is 9. The Balaban J connectivity index is 1.54. The molecule has 0 radical (unpaired) electrons. The van der Waals surface area contributed by atoms with Gasteiger partial charge in [0.2, 0.25) is 0 Å². The van der Waals surface area contributed by atoms with Crippen LogP contribution in [-0.4, -0.2) is 80.8 Å². The van der Waals surface area contributed by atoms with Crippen molar-refractivity contribution in [1.29, 1.82) is 0 Å². The minimum atomic E-state index is -1.53. The van der Waals surface area contributed by atoms with E-state index in [2.05, 4.69) is 4.99 Å². The number of phenols is 3. The lowest BCUT2D eigenvalue weighted by Crippen LogP contribution is -2.39. The van der Waals surface area contributed by atoms with Crippen LogP contribution in [0.15, 0.2) is 53.5 Å². The monoisotopic (exact) mass is 596 g/mol. The second-order valence-corrected chi connectivity index (χ2v) is 10.1. The number of aliphatic hydroxyl groups is 2. The first kappa shape index (κ1) is 29.8. The average Bonchev–Trinajstić information content (AvgIpc) is 2.99. The van der Waals surface area contributed by atoms with E-state index in [1.165, 1.54) is 19.2 Å². The molecule has 5 rings (SSSR count). The van der Waals surface area contributed by atoms with Gasteiger partial charge in [-0.25, -0.2) is 4.79 Å². The fourth-order valence-electron chi connectivity index (χ4n) is 5.16. The van der Waals surface area contributed by atoms with Gasteiger partial charge in [0.15, 0.2) is 41.3 Å². The van der Waals surface area contributed by atoms with Gasteiger partial charge in [0.1, 0.15) is 29.4 Å². The quantitative estimate of drug-likeness (QED) is 0.189. The number of aliphatic hydroxyl groups excluding tert-OH is 2. The summed E-state index contributed by atoms with van der Waals surface area (Å²) in [5.74, 6) is -1.30. The zero-order valence-electron chi connectivity index (χ0n) is 23.1. The van der Waals surface area contributed by atoms with Crippen LogP contribution in [0, 0.1) is 0 Å². The third-order valence-corrected chi connectivity index (χ3v) is 7.28. The largest absolute Gasteiger partial charge is 0.508 e. The second-order valence-electron chi connectivity index (χ2n) is 10.1. The highest BCUT2D eigenvalue weighted by molar-refractivity contribution is 6.10. The summed E-state index contributed by atoms with van der Waals surface area (Å²) in [6.07, 6.45) is -3.82. The Hall–Kier alpha value is -4.72. The van der Waals surface area contributed by atoms with E-state index in [9.17, 15) is 35.4 Å². The Bertz CT molecular complexity index is 1540. The average molecular weight is 597 g/mol. The predicted octanol–water partition coefficient (Wildman–Crippen LogP) is 2.16. The number of carbonyl (C=O) groups is 1. The lowest BCUT2D eigenvalue weighted by molar-refractivity contribution is -0.138. The molecule has 5 atom stereocenters. The molecule has 0 amide bonds. The molecule has 2 aliphatic rings. The van der Waals surface area contributed by atoms with Crippen molar-refractivity contribution >= 4 is 11.7 Å². The molecule has 13 heteroatoms. The highest BCUT2D eigenvalue weighted by Gasteiger charge is 2.40. The molecule has 0 aromatic heterocycles. The minimum absolute atomic E-state index is 0.0150. The Morgan fingerprint density at radius 2 is 1.67 bits per heavy atom. The topological polar surface area (TPSA) is 214 Å². The van der Waals surface area contributed by atoms with Crippen LogP contribution in [0.3, 0.4) is 0 Å². The third kappa shape index (κ3) is 5.82. The summed E-state index contributed by atoms with van der Waals surface area (Å²) in [5, 5.41) is 62.0. The van der Waals surface area contributed by atoms with E-state index in [0.29, 0.717) is 23.3 Å². The van der Waals surface area contributed by atoms with Crippen molar-refractivity contribution in [3.05, 3.63) is 65.2 Å². The van der Waals surface area contributed by atoms with E-state index < -0.39 is 42.2 Å². The first-order valence-electron chi connectivity index (χ1n) is 13.5. The fraction of sp³-hybridized carbons (Fsp3) is 0.333. The maximum atomic E-state index is 12.0. The number of aromatic hydroxyl groups is 3. The van der Waals surface area contributed by atoms with Crippen molar-refractivity contribution in [2.75, 3.05) is 20.3 Å². The molecule has 0 bridgehead atoms. The van der Waals surface area contributed by atoms with E-state index in [1.54, 1.807) is 30.3 Å². The van der Waals surface area contributed by atoms with E-state index in [4.69, 9.17) is 24.7 Å². The number of methoxy groups -OCH3 is 1. The molecule has 2 heterocycles. The lowest BCUT2D eigenvalue weighted by atomic mass is 9.91. The number of phenolic OH excluding ortho intramolecular Hbond substituents is 3. The number of carboxylic acid groups (broad SMARTS) is 1. The van der Waals surface area contributed by atoms with Crippen LogP contribution < -0.4 is 24.7 Å². The van der Waals surface area contributed by atoms with Crippen molar-refractivity contribution in [3.63, 3.8) is 0 Å². The van der Waals surface area contributed by atoms with Gasteiger partial charge in [-0.15, -0.1) is 0 Å². The smallest absolute Gasteiger partial charge is 0.328 e. The molecule has 2 aliphatic heterocycles. The molecule has 0 aliphatic carbocycles. The maximum absolute atomic E-state index is 12.0. The van der Waals surface area contributed by atoms with Crippen LogP contribution in [0.2, 0.25) is 0 Å². The van der Waals surface area contributed by atoms with E-state index in [-0.39, 0.29) is 59.6 Å². The van der Waals surface area contributed by atoms with Crippen LogP contribution in [0.4, 0.5) is 0 Å². The molecule has 0 fully saturated rings. The van der Waals surface area contributed by atoms with Crippen molar-refractivity contribution in [2.45, 2.75) is 43.3 Å². The van der Waals surface area contributed by atoms with Crippen LogP contribution >= 0.6 is 0 Å². The Morgan fingerprint density at radius 3 is 2.37 bits per heavy atom. The van der Waals surface area contributed by atoms with Gasteiger partial charge in [-0.05, 0) is 49.2 Å². The van der Waals surface area contributed by atoms with E-state index in [1.807, 2.05) is 0 Å². The van der Waals surface area contributed by atoms with Crippen molar-refractivity contribution < 1.29 is 54.4 Å². The summed E-state index contributed by atoms with van der Waals surface area (Å²) in [7, 11) is 1.41. The molecule has 0 spiro atoms. The van der Waals surface area contributed by atoms with Crippen LogP contribution in [-0.2, 0) is 4.79 Å². The van der Waals surface area contributed by atoms with E-state index >= 15 is 0 Å². The lowest BCUT2D eigenvalue weighted by Gasteiger charge is -2.35. The zero-order valence-corrected chi connectivity index (χ0v) is 23.1. The number of benzene rings is 3. The molecule has 43 heavy (non-hydrogen) atoms. The summed E-state index contributed by atoms with van der Waals surface area (Å²) in [6.45, 7) is -0.136. The number of hydrogen-bond donors (Lipinski definition) is 7.